The fraction of sp³-hybridized carbons (Fsp3) is 0.600. The second-order valence-corrected chi connectivity index (χ2v) is 3.78. The van der Waals surface area contributed by atoms with Crippen LogP contribution in [0.25, 0.3) is 0 Å². The molecule has 0 saturated heterocycles. The minimum Gasteiger partial charge on any atom is -0.465 e. The van der Waals surface area contributed by atoms with E-state index in [1.54, 1.807) is 0 Å². The van der Waals surface area contributed by atoms with E-state index in [-0.39, 0.29) is 6.04 Å². The number of rotatable bonds is 3. The smallest absolute Gasteiger partial charge is 0.122 e. The van der Waals surface area contributed by atoms with Crippen LogP contribution in [0.3, 0.4) is 0 Å². The average Bonchev–Trinajstić information content (AvgIpc) is 2.43. The molecule has 1 aromatic heterocycles. The number of aryl methyl sites for hydroxylation is 1. The first kappa shape index (κ1) is 8.78. The van der Waals surface area contributed by atoms with Crippen molar-refractivity contribution >= 4 is 0 Å². The number of nitrogens with one attached hydrogen (secondary N) is 1. The molecule has 13 heavy (non-hydrogen) atoms. The summed E-state index contributed by atoms with van der Waals surface area (Å²) in [5.74, 6) is 8.11. The normalized spacial score (nSPS) is 19.8. The maximum absolute atomic E-state index is 5.55. The van der Waals surface area contributed by atoms with Gasteiger partial charge in [-0.2, -0.15) is 0 Å². The molecule has 72 valence electrons. The van der Waals surface area contributed by atoms with Gasteiger partial charge in [-0.1, -0.05) is 6.42 Å². The lowest BCUT2D eigenvalue weighted by molar-refractivity contribution is 0.207. The van der Waals surface area contributed by atoms with Gasteiger partial charge in [0.25, 0.3) is 0 Å². The number of hydrogen-bond acceptors (Lipinski definition) is 3. The van der Waals surface area contributed by atoms with Crippen molar-refractivity contribution in [1.82, 2.24) is 5.43 Å². The summed E-state index contributed by atoms with van der Waals surface area (Å²) in [6.45, 7) is 1.96. The summed E-state index contributed by atoms with van der Waals surface area (Å²) < 4.78 is 5.55. The highest BCUT2D eigenvalue weighted by molar-refractivity contribution is 5.11. The van der Waals surface area contributed by atoms with Crippen LogP contribution < -0.4 is 11.3 Å². The maximum Gasteiger partial charge on any atom is 0.122 e. The molecule has 0 spiro atoms. The molecule has 1 aliphatic rings. The predicted octanol–water partition coefficient (Wildman–Crippen LogP) is 1.89. The van der Waals surface area contributed by atoms with E-state index < -0.39 is 0 Å². The Bertz CT molecular complexity index is 278. The Balaban J connectivity index is 2.11. The van der Waals surface area contributed by atoms with Crippen LogP contribution in [-0.4, -0.2) is 0 Å². The first-order valence-electron chi connectivity index (χ1n) is 4.83. The van der Waals surface area contributed by atoms with Gasteiger partial charge in [-0.3, -0.25) is 5.84 Å². The lowest BCUT2D eigenvalue weighted by atomic mass is 9.79. The summed E-state index contributed by atoms with van der Waals surface area (Å²) in [4.78, 5) is 0. The Labute approximate surface area is 78.3 Å². The molecule has 0 radical (unpaired) electrons. The van der Waals surface area contributed by atoms with E-state index in [0.717, 1.165) is 11.5 Å². The summed E-state index contributed by atoms with van der Waals surface area (Å²) in [6.07, 6.45) is 3.84. The van der Waals surface area contributed by atoms with E-state index in [4.69, 9.17) is 10.3 Å². The third-order valence-corrected chi connectivity index (χ3v) is 2.87. The molecule has 1 heterocycles. The van der Waals surface area contributed by atoms with Gasteiger partial charge >= 0.3 is 0 Å². The molecular weight excluding hydrogens is 164 g/mol. The monoisotopic (exact) mass is 180 g/mol. The van der Waals surface area contributed by atoms with Crippen LogP contribution in [0.1, 0.15) is 36.8 Å². The molecule has 3 heteroatoms. The highest BCUT2D eigenvalue weighted by Gasteiger charge is 2.29. The van der Waals surface area contributed by atoms with Gasteiger partial charge in [0.2, 0.25) is 0 Å². The average molecular weight is 180 g/mol. The zero-order valence-corrected chi connectivity index (χ0v) is 7.92. The zero-order chi connectivity index (χ0) is 9.26. The molecule has 1 aromatic rings. The Kier molecular flexibility index (Phi) is 2.38. The molecule has 0 aromatic carbocycles. The van der Waals surface area contributed by atoms with Crippen molar-refractivity contribution in [2.24, 2.45) is 11.8 Å². The van der Waals surface area contributed by atoms with Crippen molar-refractivity contribution in [3.05, 3.63) is 23.7 Å². The topological polar surface area (TPSA) is 51.2 Å². The minimum atomic E-state index is 0.211. The SMILES string of the molecule is Cc1ccc(C(NN)C2CCC2)o1. The summed E-state index contributed by atoms with van der Waals surface area (Å²) in [5, 5.41) is 0. The fourth-order valence-electron chi connectivity index (χ4n) is 1.84. The maximum atomic E-state index is 5.55. The van der Waals surface area contributed by atoms with Crippen LogP contribution in [0.2, 0.25) is 0 Å². The van der Waals surface area contributed by atoms with Crippen LogP contribution in [0, 0.1) is 12.8 Å². The van der Waals surface area contributed by atoms with Gasteiger partial charge in [0.1, 0.15) is 11.5 Å². The van der Waals surface area contributed by atoms with E-state index in [1.807, 2.05) is 19.1 Å². The molecule has 1 fully saturated rings. The third kappa shape index (κ3) is 1.62. The van der Waals surface area contributed by atoms with Gasteiger partial charge in [0.15, 0.2) is 0 Å². The first-order valence-corrected chi connectivity index (χ1v) is 4.83. The second kappa shape index (κ2) is 3.52. The van der Waals surface area contributed by atoms with Crippen molar-refractivity contribution < 1.29 is 4.42 Å². The Hall–Kier alpha value is -0.800. The minimum absolute atomic E-state index is 0.211. The number of hydrazine groups is 1. The van der Waals surface area contributed by atoms with Crippen molar-refractivity contribution in [2.45, 2.75) is 32.2 Å². The van der Waals surface area contributed by atoms with Crippen molar-refractivity contribution in [1.29, 1.82) is 0 Å². The highest BCUT2D eigenvalue weighted by atomic mass is 16.3. The van der Waals surface area contributed by atoms with Crippen LogP contribution in [0.4, 0.5) is 0 Å². The molecule has 3 nitrogen and oxygen atoms in total. The number of furan rings is 1. The van der Waals surface area contributed by atoms with E-state index in [1.165, 1.54) is 19.3 Å². The molecule has 1 unspecified atom stereocenters. The van der Waals surface area contributed by atoms with Gasteiger partial charge in [-0.05, 0) is 37.8 Å². The molecule has 1 saturated carbocycles. The summed E-state index contributed by atoms with van der Waals surface area (Å²) >= 11 is 0. The molecule has 1 aliphatic carbocycles. The molecule has 0 amide bonds. The van der Waals surface area contributed by atoms with Crippen LogP contribution >= 0.6 is 0 Å². The second-order valence-electron chi connectivity index (χ2n) is 3.78. The van der Waals surface area contributed by atoms with Crippen LogP contribution in [0.15, 0.2) is 16.5 Å². The molecular formula is C10H16N2O. The van der Waals surface area contributed by atoms with Gasteiger partial charge in [-0.25, -0.2) is 5.43 Å². The molecule has 2 rings (SSSR count). The molecule has 0 aliphatic heterocycles. The molecule has 3 N–H and O–H groups in total. The first-order chi connectivity index (χ1) is 6.31. The summed E-state index contributed by atoms with van der Waals surface area (Å²) in [5.41, 5.74) is 2.84. The summed E-state index contributed by atoms with van der Waals surface area (Å²) in [6, 6.07) is 4.21. The van der Waals surface area contributed by atoms with E-state index in [9.17, 15) is 0 Å². The Morgan fingerprint density at radius 3 is 2.69 bits per heavy atom. The van der Waals surface area contributed by atoms with Crippen molar-refractivity contribution in [3.63, 3.8) is 0 Å². The Morgan fingerprint density at radius 2 is 2.31 bits per heavy atom. The lowest BCUT2D eigenvalue weighted by Gasteiger charge is -2.31. The lowest BCUT2D eigenvalue weighted by Crippen LogP contribution is -2.36. The van der Waals surface area contributed by atoms with Crippen LogP contribution in [-0.2, 0) is 0 Å². The molecule has 0 bridgehead atoms. The Morgan fingerprint density at radius 1 is 1.54 bits per heavy atom. The standard InChI is InChI=1S/C10H16N2O/c1-7-5-6-9(13-7)10(12-11)8-3-2-4-8/h5-6,8,10,12H,2-4,11H2,1H3. The van der Waals surface area contributed by atoms with Crippen molar-refractivity contribution in [2.75, 3.05) is 0 Å². The van der Waals surface area contributed by atoms with Gasteiger partial charge in [0.05, 0.1) is 6.04 Å². The summed E-state index contributed by atoms with van der Waals surface area (Å²) in [7, 11) is 0. The van der Waals surface area contributed by atoms with Crippen LogP contribution in [0.5, 0.6) is 0 Å². The van der Waals surface area contributed by atoms with E-state index >= 15 is 0 Å². The third-order valence-electron chi connectivity index (χ3n) is 2.87. The van der Waals surface area contributed by atoms with E-state index in [0.29, 0.717) is 5.92 Å². The van der Waals surface area contributed by atoms with Gasteiger partial charge < -0.3 is 4.42 Å². The quantitative estimate of drug-likeness (QED) is 0.551. The largest absolute Gasteiger partial charge is 0.465 e. The fourth-order valence-corrected chi connectivity index (χ4v) is 1.84. The van der Waals surface area contributed by atoms with Crippen molar-refractivity contribution in [3.8, 4) is 0 Å². The number of hydrogen-bond donors (Lipinski definition) is 2. The predicted molar refractivity (Wildman–Crippen MR) is 50.9 cm³/mol. The molecule has 1 atom stereocenters. The van der Waals surface area contributed by atoms with Gasteiger partial charge in [-0.15, -0.1) is 0 Å². The van der Waals surface area contributed by atoms with E-state index in [2.05, 4.69) is 5.43 Å². The number of nitrogens with two attached hydrogens (primary N) is 1. The highest BCUT2D eigenvalue weighted by Crippen LogP contribution is 2.37. The zero-order valence-electron chi connectivity index (χ0n) is 7.92. The van der Waals surface area contributed by atoms with Gasteiger partial charge in [0, 0.05) is 0 Å².